The van der Waals surface area contributed by atoms with Crippen LogP contribution in [0.25, 0.3) is 10.9 Å². The highest BCUT2D eigenvalue weighted by Gasteiger charge is 2.03. The summed E-state index contributed by atoms with van der Waals surface area (Å²) in [5.74, 6) is 0.0637. The number of benzene rings is 1. The molecule has 0 aliphatic heterocycles. The minimum absolute atomic E-state index is 0.0637. The second-order valence-electron chi connectivity index (χ2n) is 3.87. The van der Waals surface area contributed by atoms with E-state index in [1.165, 1.54) is 0 Å². The molecule has 5 heteroatoms. The number of fused-ring (bicyclic) bond motifs is 1. The number of aromatic nitrogens is 2. The summed E-state index contributed by atoms with van der Waals surface area (Å²) >= 11 is 3.35. The minimum atomic E-state index is 0.0637. The van der Waals surface area contributed by atoms with Gasteiger partial charge in [0.1, 0.15) is 0 Å². The monoisotopic (exact) mass is 295 g/mol. The van der Waals surface area contributed by atoms with E-state index in [-0.39, 0.29) is 5.91 Å². The molecule has 0 bridgehead atoms. The van der Waals surface area contributed by atoms with Crippen LogP contribution >= 0.6 is 15.9 Å². The lowest BCUT2D eigenvalue weighted by Gasteiger charge is -2.04. The van der Waals surface area contributed by atoms with Gasteiger partial charge in [-0.3, -0.25) is 9.89 Å². The Balaban J connectivity index is 1.95. The Kier molecular flexibility index (Phi) is 4.14. The normalized spacial score (nSPS) is 10.6. The van der Waals surface area contributed by atoms with Crippen LogP contribution in [0, 0.1) is 0 Å². The van der Waals surface area contributed by atoms with Crippen molar-refractivity contribution in [2.45, 2.75) is 19.3 Å². The molecule has 0 radical (unpaired) electrons. The molecule has 1 aromatic carbocycles. The number of nitrogens with one attached hydrogen (secondary N) is 2. The van der Waals surface area contributed by atoms with Crippen LogP contribution in [0.3, 0.4) is 0 Å². The number of hydrogen-bond donors (Lipinski definition) is 2. The molecular formula is C12H14BrN3O. The Morgan fingerprint density at radius 3 is 3.12 bits per heavy atom. The fourth-order valence-corrected chi connectivity index (χ4v) is 2.02. The van der Waals surface area contributed by atoms with E-state index >= 15 is 0 Å². The van der Waals surface area contributed by atoms with Crippen LogP contribution in [0.5, 0.6) is 0 Å². The van der Waals surface area contributed by atoms with Crippen molar-refractivity contribution in [3.05, 3.63) is 24.4 Å². The van der Waals surface area contributed by atoms with Gasteiger partial charge in [0.15, 0.2) is 0 Å². The van der Waals surface area contributed by atoms with Crippen molar-refractivity contribution in [1.82, 2.24) is 10.2 Å². The third kappa shape index (κ3) is 3.30. The maximum Gasteiger partial charge on any atom is 0.224 e. The largest absolute Gasteiger partial charge is 0.326 e. The van der Waals surface area contributed by atoms with Gasteiger partial charge in [0.25, 0.3) is 0 Å². The Morgan fingerprint density at radius 2 is 2.29 bits per heavy atom. The van der Waals surface area contributed by atoms with Crippen LogP contribution in [-0.2, 0) is 4.79 Å². The summed E-state index contributed by atoms with van der Waals surface area (Å²) in [5, 5.41) is 11.6. The molecule has 1 heterocycles. The lowest BCUT2D eigenvalue weighted by Crippen LogP contribution is -2.10. The molecule has 0 aliphatic carbocycles. The average molecular weight is 296 g/mol. The second-order valence-corrected chi connectivity index (χ2v) is 4.66. The molecule has 90 valence electrons. The van der Waals surface area contributed by atoms with Crippen molar-refractivity contribution in [2.75, 3.05) is 10.6 Å². The molecule has 0 unspecified atom stereocenters. The first-order valence-corrected chi connectivity index (χ1v) is 6.70. The smallest absolute Gasteiger partial charge is 0.224 e. The van der Waals surface area contributed by atoms with Crippen LogP contribution in [-0.4, -0.2) is 21.4 Å². The number of rotatable bonds is 5. The van der Waals surface area contributed by atoms with E-state index in [1.54, 1.807) is 6.20 Å². The molecule has 1 aromatic heterocycles. The number of carbonyl (C=O) groups excluding carboxylic acids is 1. The Hall–Kier alpha value is -1.36. The van der Waals surface area contributed by atoms with E-state index in [1.807, 2.05) is 18.2 Å². The zero-order chi connectivity index (χ0) is 12.1. The first kappa shape index (κ1) is 12.1. The van der Waals surface area contributed by atoms with Gasteiger partial charge in [-0.1, -0.05) is 15.9 Å². The zero-order valence-electron chi connectivity index (χ0n) is 9.37. The number of anilines is 1. The summed E-state index contributed by atoms with van der Waals surface area (Å²) < 4.78 is 0. The van der Waals surface area contributed by atoms with Gasteiger partial charge in [-0.2, -0.15) is 5.10 Å². The maximum absolute atomic E-state index is 11.6. The number of alkyl halides is 1. The van der Waals surface area contributed by atoms with Gasteiger partial charge in [-0.05, 0) is 31.0 Å². The quantitative estimate of drug-likeness (QED) is 0.658. The summed E-state index contributed by atoms with van der Waals surface area (Å²) in [6.45, 7) is 0. The zero-order valence-corrected chi connectivity index (χ0v) is 11.0. The third-order valence-corrected chi connectivity index (χ3v) is 3.07. The van der Waals surface area contributed by atoms with Crippen molar-refractivity contribution in [1.29, 1.82) is 0 Å². The SMILES string of the molecule is O=C(CCCCBr)Nc1ccc2[nH]ncc2c1. The number of carbonyl (C=O) groups is 1. The molecular weight excluding hydrogens is 282 g/mol. The molecule has 2 N–H and O–H groups in total. The number of unbranched alkanes of at least 4 members (excludes halogenated alkanes) is 1. The topological polar surface area (TPSA) is 57.8 Å². The molecule has 17 heavy (non-hydrogen) atoms. The lowest BCUT2D eigenvalue weighted by atomic mass is 10.2. The highest BCUT2D eigenvalue weighted by Crippen LogP contribution is 2.17. The number of hydrogen-bond acceptors (Lipinski definition) is 2. The molecule has 4 nitrogen and oxygen atoms in total. The molecule has 2 aromatic rings. The van der Waals surface area contributed by atoms with Crippen molar-refractivity contribution >= 4 is 38.4 Å². The third-order valence-electron chi connectivity index (χ3n) is 2.51. The molecule has 0 atom stereocenters. The van der Waals surface area contributed by atoms with E-state index in [9.17, 15) is 4.79 Å². The van der Waals surface area contributed by atoms with E-state index in [0.717, 1.165) is 34.8 Å². The van der Waals surface area contributed by atoms with Crippen molar-refractivity contribution in [2.24, 2.45) is 0 Å². The van der Waals surface area contributed by atoms with Gasteiger partial charge >= 0.3 is 0 Å². The number of nitrogens with zero attached hydrogens (tertiary/aromatic N) is 1. The Labute approximate surface area is 108 Å². The highest BCUT2D eigenvalue weighted by molar-refractivity contribution is 9.09. The highest BCUT2D eigenvalue weighted by atomic mass is 79.9. The number of amides is 1. The number of H-pyrrole nitrogens is 1. The molecule has 1 amide bonds. The molecule has 0 saturated carbocycles. The van der Waals surface area contributed by atoms with Gasteiger partial charge in [0, 0.05) is 22.8 Å². The standard InChI is InChI=1S/C12H14BrN3O/c13-6-2-1-3-12(17)15-10-4-5-11-9(7-10)8-14-16-11/h4-5,7-8H,1-3,6H2,(H,14,16)(H,15,17). The summed E-state index contributed by atoms with van der Waals surface area (Å²) in [6, 6.07) is 5.71. The minimum Gasteiger partial charge on any atom is -0.326 e. The van der Waals surface area contributed by atoms with Crippen LogP contribution in [0.15, 0.2) is 24.4 Å². The van der Waals surface area contributed by atoms with E-state index in [2.05, 4.69) is 31.4 Å². The summed E-state index contributed by atoms with van der Waals surface area (Å²) in [6.07, 6.45) is 4.24. The number of aromatic amines is 1. The van der Waals surface area contributed by atoms with E-state index in [4.69, 9.17) is 0 Å². The van der Waals surface area contributed by atoms with Gasteiger partial charge in [-0.25, -0.2) is 0 Å². The van der Waals surface area contributed by atoms with Crippen LogP contribution in [0.1, 0.15) is 19.3 Å². The summed E-state index contributed by atoms with van der Waals surface area (Å²) in [7, 11) is 0. The first-order valence-electron chi connectivity index (χ1n) is 5.58. The molecule has 0 fully saturated rings. The average Bonchev–Trinajstić information content (AvgIpc) is 2.76. The lowest BCUT2D eigenvalue weighted by molar-refractivity contribution is -0.116. The Bertz CT molecular complexity index is 509. The summed E-state index contributed by atoms with van der Waals surface area (Å²) in [4.78, 5) is 11.6. The van der Waals surface area contributed by atoms with Crippen LogP contribution in [0.4, 0.5) is 5.69 Å². The van der Waals surface area contributed by atoms with Gasteiger partial charge in [-0.15, -0.1) is 0 Å². The molecule has 0 spiro atoms. The van der Waals surface area contributed by atoms with Crippen molar-refractivity contribution in [3.63, 3.8) is 0 Å². The van der Waals surface area contributed by atoms with Gasteiger partial charge < -0.3 is 5.32 Å². The Morgan fingerprint density at radius 1 is 1.41 bits per heavy atom. The van der Waals surface area contributed by atoms with Crippen molar-refractivity contribution < 1.29 is 4.79 Å². The van der Waals surface area contributed by atoms with Gasteiger partial charge in [0.05, 0.1) is 11.7 Å². The van der Waals surface area contributed by atoms with Crippen LogP contribution in [0.2, 0.25) is 0 Å². The fourth-order valence-electron chi connectivity index (χ4n) is 1.62. The summed E-state index contributed by atoms with van der Waals surface area (Å²) in [5.41, 5.74) is 1.80. The maximum atomic E-state index is 11.6. The fraction of sp³-hybridized carbons (Fsp3) is 0.333. The molecule has 0 aliphatic rings. The predicted molar refractivity (Wildman–Crippen MR) is 72.4 cm³/mol. The molecule has 0 saturated heterocycles. The van der Waals surface area contributed by atoms with Crippen LogP contribution < -0.4 is 5.32 Å². The second kappa shape index (κ2) is 5.82. The molecule has 2 rings (SSSR count). The predicted octanol–water partition coefficient (Wildman–Crippen LogP) is 3.07. The van der Waals surface area contributed by atoms with E-state index in [0.29, 0.717) is 6.42 Å². The van der Waals surface area contributed by atoms with Crippen molar-refractivity contribution in [3.8, 4) is 0 Å². The van der Waals surface area contributed by atoms with E-state index < -0.39 is 0 Å². The first-order chi connectivity index (χ1) is 8.29. The number of halogens is 1. The van der Waals surface area contributed by atoms with Gasteiger partial charge in [0.2, 0.25) is 5.91 Å².